The summed E-state index contributed by atoms with van der Waals surface area (Å²) < 4.78 is 27.4. The average Bonchev–Trinajstić information content (AvgIpc) is 2.29. The van der Waals surface area contributed by atoms with Crippen LogP contribution in [0.2, 0.25) is 0 Å². The van der Waals surface area contributed by atoms with Crippen LogP contribution in [0.25, 0.3) is 0 Å². The van der Waals surface area contributed by atoms with Gasteiger partial charge in [-0.3, -0.25) is 0 Å². The van der Waals surface area contributed by atoms with E-state index in [-0.39, 0.29) is 12.4 Å². The molecule has 1 unspecified atom stereocenters. The highest BCUT2D eigenvalue weighted by Crippen LogP contribution is 2.22. The minimum Gasteiger partial charge on any atom is -0.379 e. The van der Waals surface area contributed by atoms with E-state index in [9.17, 15) is 8.78 Å². The molecular formula is C12H16F2N2. The van der Waals surface area contributed by atoms with Crippen LogP contribution >= 0.6 is 0 Å². The maximum Gasteiger partial charge on any atom is 0.146 e. The molecule has 0 bridgehead atoms. The molecule has 88 valence electrons. The molecule has 2 N–H and O–H groups in total. The molecule has 1 aliphatic heterocycles. The second kappa shape index (κ2) is 4.78. The zero-order valence-corrected chi connectivity index (χ0v) is 9.10. The Morgan fingerprint density at radius 2 is 2.19 bits per heavy atom. The van der Waals surface area contributed by atoms with E-state index in [1.165, 1.54) is 6.07 Å². The lowest BCUT2D eigenvalue weighted by atomic mass is 9.96. The van der Waals surface area contributed by atoms with Gasteiger partial charge in [0.1, 0.15) is 11.5 Å². The number of hydrogen-bond donors (Lipinski definition) is 2. The summed E-state index contributed by atoms with van der Waals surface area (Å²) >= 11 is 0. The lowest BCUT2D eigenvalue weighted by molar-refractivity contribution is 0.137. The van der Waals surface area contributed by atoms with Crippen molar-refractivity contribution < 1.29 is 8.78 Å². The molecule has 2 nitrogen and oxygen atoms in total. The van der Waals surface area contributed by atoms with Crippen LogP contribution in [0, 0.1) is 5.82 Å². The molecule has 1 aliphatic rings. The molecule has 0 amide bonds. The number of piperidine rings is 1. The molecular weight excluding hydrogens is 210 g/mol. The van der Waals surface area contributed by atoms with Crippen LogP contribution in [0.1, 0.15) is 12.8 Å². The lowest BCUT2D eigenvalue weighted by Gasteiger charge is -2.30. The van der Waals surface area contributed by atoms with Crippen molar-refractivity contribution in [2.75, 3.05) is 25.0 Å². The first kappa shape index (κ1) is 11.3. The Labute approximate surface area is 94.0 Å². The van der Waals surface area contributed by atoms with Gasteiger partial charge in [-0.05, 0) is 31.5 Å². The van der Waals surface area contributed by atoms with Crippen molar-refractivity contribution in [3.63, 3.8) is 0 Å². The van der Waals surface area contributed by atoms with Gasteiger partial charge in [-0.1, -0.05) is 12.1 Å². The molecule has 1 heterocycles. The first-order valence-electron chi connectivity index (χ1n) is 5.58. The highest BCUT2D eigenvalue weighted by atomic mass is 19.1. The van der Waals surface area contributed by atoms with Crippen molar-refractivity contribution in [3.05, 3.63) is 30.1 Å². The predicted molar refractivity (Wildman–Crippen MR) is 60.8 cm³/mol. The first-order valence-corrected chi connectivity index (χ1v) is 5.58. The van der Waals surface area contributed by atoms with Crippen LogP contribution in [-0.2, 0) is 0 Å². The van der Waals surface area contributed by atoms with Gasteiger partial charge in [-0.25, -0.2) is 8.78 Å². The summed E-state index contributed by atoms with van der Waals surface area (Å²) in [6.07, 6.45) is 1.36. The number of anilines is 1. The summed E-state index contributed by atoms with van der Waals surface area (Å²) in [5.41, 5.74) is -0.898. The Hall–Kier alpha value is -1.16. The normalized spacial score (nSPS) is 25.4. The minimum atomic E-state index is -1.26. The molecule has 1 aromatic rings. The monoisotopic (exact) mass is 226 g/mol. The maximum atomic E-state index is 14.1. The van der Waals surface area contributed by atoms with Crippen molar-refractivity contribution in [1.29, 1.82) is 0 Å². The van der Waals surface area contributed by atoms with Gasteiger partial charge in [0.05, 0.1) is 12.2 Å². The molecule has 0 aliphatic carbocycles. The van der Waals surface area contributed by atoms with Crippen LogP contribution in [-0.4, -0.2) is 25.3 Å². The molecule has 0 aromatic heterocycles. The number of benzene rings is 1. The molecule has 2 rings (SSSR count). The van der Waals surface area contributed by atoms with E-state index in [1.54, 1.807) is 18.2 Å². The molecule has 1 atom stereocenters. The van der Waals surface area contributed by atoms with E-state index in [4.69, 9.17) is 0 Å². The second-order valence-corrected chi connectivity index (χ2v) is 4.26. The van der Waals surface area contributed by atoms with Crippen molar-refractivity contribution in [1.82, 2.24) is 5.32 Å². The van der Waals surface area contributed by atoms with Gasteiger partial charge in [0.15, 0.2) is 0 Å². The van der Waals surface area contributed by atoms with Crippen LogP contribution in [0.15, 0.2) is 24.3 Å². The summed E-state index contributed by atoms with van der Waals surface area (Å²) in [5, 5.41) is 5.85. The molecule has 1 fully saturated rings. The van der Waals surface area contributed by atoms with Gasteiger partial charge in [0.25, 0.3) is 0 Å². The Balaban J connectivity index is 1.94. The number of para-hydroxylation sites is 1. The largest absolute Gasteiger partial charge is 0.379 e. The number of nitrogens with one attached hydrogen (secondary N) is 2. The average molecular weight is 226 g/mol. The smallest absolute Gasteiger partial charge is 0.146 e. The Kier molecular flexibility index (Phi) is 3.39. The summed E-state index contributed by atoms with van der Waals surface area (Å²) in [5.74, 6) is -0.338. The van der Waals surface area contributed by atoms with Gasteiger partial charge in [-0.2, -0.15) is 0 Å². The van der Waals surface area contributed by atoms with E-state index in [0.29, 0.717) is 18.7 Å². The van der Waals surface area contributed by atoms with E-state index in [1.807, 2.05) is 0 Å². The lowest BCUT2D eigenvalue weighted by Crippen LogP contribution is -2.46. The van der Waals surface area contributed by atoms with Crippen LogP contribution < -0.4 is 10.6 Å². The second-order valence-electron chi connectivity index (χ2n) is 4.26. The maximum absolute atomic E-state index is 14.1. The summed E-state index contributed by atoms with van der Waals surface area (Å²) in [4.78, 5) is 0. The predicted octanol–water partition coefficient (Wildman–Crippen LogP) is 2.33. The van der Waals surface area contributed by atoms with Crippen molar-refractivity contribution in [2.45, 2.75) is 18.5 Å². The summed E-state index contributed by atoms with van der Waals surface area (Å²) in [6.45, 7) is 1.36. The molecule has 0 saturated carbocycles. The number of halogens is 2. The van der Waals surface area contributed by atoms with Crippen molar-refractivity contribution in [2.24, 2.45) is 0 Å². The highest BCUT2D eigenvalue weighted by Gasteiger charge is 2.31. The summed E-state index contributed by atoms with van der Waals surface area (Å²) in [7, 11) is 0. The third kappa shape index (κ3) is 2.70. The van der Waals surface area contributed by atoms with Crippen molar-refractivity contribution in [3.8, 4) is 0 Å². The number of alkyl halides is 1. The van der Waals surface area contributed by atoms with E-state index in [2.05, 4.69) is 10.6 Å². The zero-order chi connectivity index (χ0) is 11.4. The molecule has 0 radical (unpaired) electrons. The van der Waals surface area contributed by atoms with Gasteiger partial charge in [-0.15, -0.1) is 0 Å². The van der Waals surface area contributed by atoms with Crippen molar-refractivity contribution >= 4 is 5.69 Å². The fourth-order valence-corrected chi connectivity index (χ4v) is 1.94. The van der Waals surface area contributed by atoms with Gasteiger partial charge in [0.2, 0.25) is 0 Å². The van der Waals surface area contributed by atoms with Crippen LogP contribution in [0.3, 0.4) is 0 Å². The molecule has 1 saturated heterocycles. The zero-order valence-electron chi connectivity index (χ0n) is 9.10. The Bertz CT molecular complexity index is 349. The first-order chi connectivity index (χ1) is 7.70. The minimum absolute atomic E-state index is 0.154. The molecule has 16 heavy (non-hydrogen) atoms. The standard InChI is InChI=1S/C12H16F2N2/c13-10-4-1-2-5-11(10)16-9-12(14)6-3-7-15-8-12/h1-2,4-5,15-16H,3,6-9H2. The van der Waals surface area contributed by atoms with Gasteiger partial charge in [0, 0.05) is 6.54 Å². The number of hydrogen-bond acceptors (Lipinski definition) is 2. The van der Waals surface area contributed by atoms with Gasteiger partial charge < -0.3 is 10.6 Å². The topological polar surface area (TPSA) is 24.1 Å². The molecule has 1 aromatic carbocycles. The van der Waals surface area contributed by atoms with Crippen LogP contribution in [0.5, 0.6) is 0 Å². The molecule has 4 heteroatoms. The quantitative estimate of drug-likeness (QED) is 0.826. The third-order valence-electron chi connectivity index (χ3n) is 2.89. The summed E-state index contributed by atoms with van der Waals surface area (Å²) in [6, 6.07) is 6.34. The van der Waals surface area contributed by atoms with E-state index < -0.39 is 5.67 Å². The molecule has 0 spiro atoms. The fourth-order valence-electron chi connectivity index (χ4n) is 1.94. The Morgan fingerprint density at radius 1 is 1.38 bits per heavy atom. The highest BCUT2D eigenvalue weighted by molar-refractivity contribution is 5.44. The van der Waals surface area contributed by atoms with E-state index in [0.717, 1.165) is 13.0 Å². The van der Waals surface area contributed by atoms with E-state index >= 15 is 0 Å². The van der Waals surface area contributed by atoms with Crippen LogP contribution in [0.4, 0.5) is 14.5 Å². The number of rotatable bonds is 3. The Morgan fingerprint density at radius 3 is 2.88 bits per heavy atom. The van der Waals surface area contributed by atoms with Gasteiger partial charge >= 0.3 is 0 Å². The SMILES string of the molecule is Fc1ccccc1NCC1(F)CCCNC1. The third-order valence-corrected chi connectivity index (χ3v) is 2.89. The fraction of sp³-hybridized carbons (Fsp3) is 0.500.